The van der Waals surface area contributed by atoms with Crippen molar-refractivity contribution in [1.82, 2.24) is 5.32 Å². The number of carbonyl (C=O) groups is 1. The van der Waals surface area contributed by atoms with Crippen LogP contribution in [0.15, 0.2) is 53.4 Å². The lowest BCUT2D eigenvalue weighted by Gasteiger charge is -2.24. The first-order valence-corrected chi connectivity index (χ1v) is 9.32. The Bertz CT molecular complexity index is 862. The molecule has 0 saturated heterocycles. The van der Waals surface area contributed by atoms with Crippen molar-refractivity contribution < 1.29 is 17.6 Å². The molecule has 0 heterocycles. The highest BCUT2D eigenvalue weighted by atomic mass is 32.2. The van der Waals surface area contributed by atoms with E-state index in [4.69, 9.17) is 0 Å². The van der Waals surface area contributed by atoms with Gasteiger partial charge in [0.15, 0.2) is 0 Å². The number of carbonyl (C=O) groups excluding carboxylic acids is 1. The van der Waals surface area contributed by atoms with Gasteiger partial charge < -0.3 is 5.32 Å². The second-order valence-electron chi connectivity index (χ2n) is 6.33. The maximum Gasteiger partial charge on any atom is 0.261 e. The summed E-state index contributed by atoms with van der Waals surface area (Å²) in [6, 6.07) is 10.7. The highest BCUT2D eigenvalue weighted by Crippen LogP contribution is 2.18. The van der Waals surface area contributed by atoms with Gasteiger partial charge in [-0.2, -0.15) is 0 Å². The van der Waals surface area contributed by atoms with Gasteiger partial charge in [0.05, 0.1) is 4.90 Å². The fourth-order valence-corrected chi connectivity index (χ4v) is 3.11. The number of benzene rings is 2. The van der Waals surface area contributed by atoms with Crippen LogP contribution in [0.3, 0.4) is 0 Å². The number of hydrogen-bond acceptors (Lipinski definition) is 3. The number of amides is 1. The van der Waals surface area contributed by atoms with Gasteiger partial charge in [-0.05, 0) is 62.7 Å². The second-order valence-corrected chi connectivity index (χ2v) is 8.01. The molecule has 134 valence electrons. The Morgan fingerprint density at radius 1 is 1.12 bits per heavy atom. The van der Waals surface area contributed by atoms with Crippen molar-refractivity contribution in [3.05, 3.63) is 59.9 Å². The molecule has 2 aromatic rings. The van der Waals surface area contributed by atoms with E-state index in [0.717, 1.165) is 18.6 Å². The SMILES string of the molecule is CCC(C)(C)NC(=O)c1cccc(S(=O)(=O)Nc2ccc(F)cc2)c1. The molecule has 0 aliphatic rings. The van der Waals surface area contributed by atoms with E-state index in [0.29, 0.717) is 0 Å². The average Bonchev–Trinajstić information content (AvgIpc) is 2.56. The molecule has 0 atom stereocenters. The Labute approximate surface area is 147 Å². The molecule has 0 bridgehead atoms. The number of hydrogen-bond donors (Lipinski definition) is 2. The highest BCUT2D eigenvalue weighted by Gasteiger charge is 2.21. The maximum atomic E-state index is 12.9. The molecule has 0 aliphatic carbocycles. The molecule has 0 saturated carbocycles. The summed E-state index contributed by atoms with van der Waals surface area (Å²) in [6.45, 7) is 5.73. The van der Waals surface area contributed by atoms with Crippen LogP contribution in [0.1, 0.15) is 37.6 Å². The van der Waals surface area contributed by atoms with Crippen molar-refractivity contribution in [3.63, 3.8) is 0 Å². The van der Waals surface area contributed by atoms with Crippen LogP contribution in [0.4, 0.5) is 10.1 Å². The lowest BCUT2D eigenvalue weighted by Crippen LogP contribution is -2.42. The van der Waals surface area contributed by atoms with Gasteiger partial charge in [-0.15, -0.1) is 0 Å². The van der Waals surface area contributed by atoms with Gasteiger partial charge >= 0.3 is 0 Å². The van der Waals surface area contributed by atoms with E-state index >= 15 is 0 Å². The predicted octanol–water partition coefficient (Wildman–Crippen LogP) is 3.54. The minimum Gasteiger partial charge on any atom is -0.347 e. The summed E-state index contributed by atoms with van der Waals surface area (Å²) in [5.74, 6) is -0.800. The first-order chi connectivity index (χ1) is 11.6. The van der Waals surface area contributed by atoms with Gasteiger partial charge in [0, 0.05) is 16.8 Å². The zero-order valence-corrected chi connectivity index (χ0v) is 15.2. The van der Waals surface area contributed by atoms with Crippen LogP contribution in [-0.2, 0) is 10.0 Å². The predicted molar refractivity (Wildman–Crippen MR) is 95.5 cm³/mol. The summed E-state index contributed by atoms with van der Waals surface area (Å²) in [7, 11) is -3.88. The zero-order valence-electron chi connectivity index (χ0n) is 14.3. The molecule has 5 nitrogen and oxygen atoms in total. The topological polar surface area (TPSA) is 75.3 Å². The Balaban J connectivity index is 2.24. The van der Waals surface area contributed by atoms with Crippen molar-refractivity contribution in [1.29, 1.82) is 0 Å². The molecule has 25 heavy (non-hydrogen) atoms. The van der Waals surface area contributed by atoms with Crippen molar-refractivity contribution in [2.45, 2.75) is 37.6 Å². The maximum absolute atomic E-state index is 12.9. The molecule has 0 aliphatic heterocycles. The van der Waals surface area contributed by atoms with Gasteiger partial charge in [0.25, 0.3) is 15.9 Å². The van der Waals surface area contributed by atoms with Gasteiger partial charge in [0.2, 0.25) is 0 Å². The standard InChI is InChI=1S/C18H21FN2O3S/c1-4-18(2,3)20-17(22)13-6-5-7-16(12-13)25(23,24)21-15-10-8-14(19)9-11-15/h5-12,21H,4H2,1-3H3,(H,20,22). The van der Waals surface area contributed by atoms with Crippen LogP contribution in [0.5, 0.6) is 0 Å². The smallest absolute Gasteiger partial charge is 0.261 e. The first kappa shape index (κ1) is 18.9. The Hall–Kier alpha value is -2.41. The summed E-state index contributed by atoms with van der Waals surface area (Å²) >= 11 is 0. The van der Waals surface area contributed by atoms with Crippen LogP contribution in [-0.4, -0.2) is 19.9 Å². The van der Waals surface area contributed by atoms with E-state index in [1.807, 2.05) is 20.8 Å². The number of halogens is 1. The van der Waals surface area contributed by atoms with E-state index in [9.17, 15) is 17.6 Å². The minimum atomic E-state index is -3.88. The van der Waals surface area contributed by atoms with Gasteiger partial charge in [-0.1, -0.05) is 13.0 Å². The molecule has 2 aromatic carbocycles. The molecule has 2 N–H and O–H groups in total. The first-order valence-electron chi connectivity index (χ1n) is 7.84. The van der Waals surface area contributed by atoms with Crippen molar-refractivity contribution in [2.75, 3.05) is 4.72 Å². The third-order valence-electron chi connectivity index (χ3n) is 3.84. The minimum absolute atomic E-state index is 0.0428. The van der Waals surface area contributed by atoms with E-state index in [1.165, 1.54) is 30.3 Å². The third kappa shape index (κ3) is 5.03. The van der Waals surface area contributed by atoms with Crippen LogP contribution >= 0.6 is 0 Å². The molecule has 1 amide bonds. The van der Waals surface area contributed by atoms with Gasteiger partial charge in [-0.3, -0.25) is 9.52 Å². The summed E-state index contributed by atoms with van der Waals surface area (Å²) in [6.07, 6.45) is 0.739. The lowest BCUT2D eigenvalue weighted by atomic mass is 10.0. The quantitative estimate of drug-likeness (QED) is 0.823. The molecule has 2 rings (SSSR count). The Morgan fingerprint density at radius 3 is 2.36 bits per heavy atom. The molecular weight excluding hydrogens is 343 g/mol. The highest BCUT2D eigenvalue weighted by molar-refractivity contribution is 7.92. The molecule has 0 unspecified atom stereocenters. The van der Waals surface area contributed by atoms with Gasteiger partial charge in [0.1, 0.15) is 5.82 Å². The van der Waals surface area contributed by atoms with Gasteiger partial charge in [-0.25, -0.2) is 12.8 Å². The average molecular weight is 364 g/mol. The fourth-order valence-electron chi connectivity index (χ4n) is 2.00. The summed E-state index contributed by atoms with van der Waals surface area (Å²) in [5.41, 5.74) is 0.102. The zero-order chi connectivity index (χ0) is 18.7. The second kappa shape index (κ2) is 7.23. The lowest BCUT2D eigenvalue weighted by molar-refractivity contribution is 0.0911. The molecule has 0 radical (unpaired) electrons. The third-order valence-corrected chi connectivity index (χ3v) is 5.22. The van der Waals surface area contributed by atoms with E-state index < -0.39 is 21.4 Å². The molecule has 0 spiro atoms. The van der Waals surface area contributed by atoms with Crippen molar-refractivity contribution >= 4 is 21.6 Å². The molecular formula is C18H21FN2O3S. The number of rotatable bonds is 6. The summed E-state index contributed by atoms with van der Waals surface area (Å²) in [4.78, 5) is 12.3. The molecule has 0 fully saturated rings. The number of anilines is 1. The van der Waals surface area contributed by atoms with Crippen LogP contribution in [0.2, 0.25) is 0 Å². The van der Waals surface area contributed by atoms with Crippen LogP contribution < -0.4 is 10.0 Å². The Kier molecular flexibility index (Phi) is 5.47. The number of sulfonamides is 1. The Morgan fingerprint density at radius 2 is 1.76 bits per heavy atom. The van der Waals surface area contributed by atoms with E-state index in [2.05, 4.69) is 10.0 Å². The van der Waals surface area contributed by atoms with Crippen LogP contribution in [0, 0.1) is 5.82 Å². The summed E-state index contributed by atoms with van der Waals surface area (Å²) < 4.78 is 40.2. The van der Waals surface area contributed by atoms with E-state index in [-0.39, 0.29) is 22.1 Å². The normalized spacial score (nSPS) is 11.8. The van der Waals surface area contributed by atoms with Crippen molar-refractivity contribution in [3.8, 4) is 0 Å². The molecule has 7 heteroatoms. The van der Waals surface area contributed by atoms with Crippen LogP contribution in [0.25, 0.3) is 0 Å². The largest absolute Gasteiger partial charge is 0.347 e. The monoisotopic (exact) mass is 364 g/mol. The number of nitrogens with one attached hydrogen (secondary N) is 2. The fraction of sp³-hybridized carbons (Fsp3) is 0.278. The summed E-state index contributed by atoms with van der Waals surface area (Å²) in [5, 5.41) is 2.86. The van der Waals surface area contributed by atoms with Crippen molar-refractivity contribution in [2.24, 2.45) is 0 Å². The molecule has 0 aromatic heterocycles. The van der Waals surface area contributed by atoms with E-state index in [1.54, 1.807) is 6.07 Å².